The number of fused-ring (bicyclic) bond motifs is 1. The maximum atomic E-state index is 12.9. The first-order chi connectivity index (χ1) is 13.0. The van der Waals surface area contributed by atoms with Crippen molar-refractivity contribution < 1.29 is 9.53 Å². The van der Waals surface area contributed by atoms with Crippen LogP contribution in [0.1, 0.15) is 41.7 Å². The monoisotopic (exact) mass is 432 g/mol. The number of aromatic nitrogens is 2. The third-order valence-corrected chi connectivity index (χ3v) is 5.96. The summed E-state index contributed by atoms with van der Waals surface area (Å²) >= 11 is 3.46. The molecule has 0 aliphatic carbocycles. The molecule has 1 fully saturated rings. The fourth-order valence-electron chi connectivity index (χ4n) is 3.71. The van der Waals surface area contributed by atoms with Crippen LogP contribution in [0.25, 0.3) is 0 Å². The number of hydrogen-bond donors (Lipinski definition) is 0. The van der Waals surface area contributed by atoms with Crippen molar-refractivity contribution in [2.75, 3.05) is 26.2 Å². The predicted molar refractivity (Wildman–Crippen MR) is 107 cm³/mol. The van der Waals surface area contributed by atoms with Gasteiger partial charge >= 0.3 is 0 Å². The summed E-state index contributed by atoms with van der Waals surface area (Å²) in [6.07, 6.45) is -0.0389. The van der Waals surface area contributed by atoms with Crippen LogP contribution in [-0.4, -0.2) is 57.7 Å². The summed E-state index contributed by atoms with van der Waals surface area (Å²) in [5.74, 6) is 0.0282. The second-order valence-corrected chi connectivity index (χ2v) is 8.39. The van der Waals surface area contributed by atoms with Crippen molar-refractivity contribution in [3.8, 4) is 0 Å². The Labute approximate surface area is 168 Å². The third-order valence-electron chi connectivity index (χ3n) is 5.43. The maximum Gasteiger partial charge on any atom is 0.274 e. The number of carbonyl (C=O) groups excluding carboxylic acids is 1. The fraction of sp³-hybridized carbons (Fsp3) is 0.500. The minimum absolute atomic E-state index is 0.0282. The Morgan fingerprint density at radius 1 is 1.19 bits per heavy atom. The quantitative estimate of drug-likeness (QED) is 0.747. The second-order valence-electron chi connectivity index (χ2n) is 7.48. The highest BCUT2D eigenvalue weighted by atomic mass is 79.9. The Balaban J connectivity index is 1.44. The van der Waals surface area contributed by atoms with Gasteiger partial charge in [0.2, 0.25) is 0 Å². The fourth-order valence-corrected chi connectivity index (χ4v) is 3.98. The van der Waals surface area contributed by atoms with Crippen molar-refractivity contribution in [1.82, 2.24) is 19.6 Å². The summed E-state index contributed by atoms with van der Waals surface area (Å²) in [5, 5.41) is 4.60. The number of ether oxygens (including phenoxy) is 1. The molecule has 1 aromatic heterocycles. The van der Waals surface area contributed by atoms with E-state index in [0.29, 0.717) is 24.9 Å². The van der Waals surface area contributed by atoms with E-state index in [-0.39, 0.29) is 12.0 Å². The molecule has 4 rings (SSSR count). The molecule has 0 saturated carbocycles. The maximum absolute atomic E-state index is 12.9. The van der Waals surface area contributed by atoms with Gasteiger partial charge in [0.1, 0.15) is 6.10 Å². The molecule has 1 atom stereocenters. The second kappa shape index (κ2) is 7.73. The molecular weight excluding hydrogens is 408 g/mol. The van der Waals surface area contributed by atoms with Crippen LogP contribution in [0.4, 0.5) is 0 Å². The number of benzene rings is 1. The summed E-state index contributed by atoms with van der Waals surface area (Å²) in [4.78, 5) is 17.2. The highest BCUT2D eigenvalue weighted by Crippen LogP contribution is 2.27. The summed E-state index contributed by atoms with van der Waals surface area (Å²) in [7, 11) is 0. The van der Waals surface area contributed by atoms with Gasteiger partial charge < -0.3 is 9.64 Å². The molecule has 2 aliphatic rings. The van der Waals surface area contributed by atoms with Gasteiger partial charge in [-0.15, -0.1) is 0 Å². The molecule has 2 aliphatic heterocycles. The molecule has 1 amide bonds. The summed E-state index contributed by atoms with van der Waals surface area (Å²) in [6.45, 7) is 8.87. The molecule has 2 aromatic rings. The lowest BCUT2D eigenvalue weighted by atomic mass is 10.1. The van der Waals surface area contributed by atoms with E-state index in [1.54, 1.807) is 0 Å². The van der Waals surface area contributed by atoms with Gasteiger partial charge in [-0.1, -0.05) is 28.1 Å². The molecule has 144 valence electrons. The number of hydrogen-bond acceptors (Lipinski definition) is 4. The van der Waals surface area contributed by atoms with Gasteiger partial charge in [-0.05, 0) is 37.6 Å². The van der Waals surface area contributed by atoms with Crippen LogP contribution in [-0.2, 0) is 17.9 Å². The van der Waals surface area contributed by atoms with Crippen LogP contribution in [0, 0.1) is 0 Å². The minimum atomic E-state index is -0.0389. The van der Waals surface area contributed by atoms with Crippen LogP contribution < -0.4 is 0 Å². The summed E-state index contributed by atoms with van der Waals surface area (Å²) in [6, 6.07) is 10.6. The van der Waals surface area contributed by atoms with Crippen LogP contribution in [0.3, 0.4) is 0 Å². The lowest BCUT2D eigenvalue weighted by Crippen LogP contribution is -2.50. The van der Waals surface area contributed by atoms with Crippen molar-refractivity contribution >= 4 is 21.8 Å². The lowest BCUT2D eigenvalue weighted by molar-refractivity contribution is -0.00123. The Kier molecular flexibility index (Phi) is 5.34. The van der Waals surface area contributed by atoms with Gasteiger partial charge in [0.25, 0.3) is 5.91 Å². The van der Waals surface area contributed by atoms with Crippen LogP contribution >= 0.6 is 15.9 Å². The number of carbonyl (C=O) groups is 1. The molecule has 0 spiro atoms. The number of halogens is 1. The van der Waals surface area contributed by atoms with Crippen molar-refractivity contribution in [3.63, 3.8) is 0 Å². The standard InChI is InChI=1S/C20H25BrN4O2/c1-14(2)23-7-9-24(10-8-23)20(26)18-11-17-13-27-19(12-25(17)22-18)15-3-5-16(21)6-4-15/h3-6,11,14,19H,7-10,12-13H2,1-2H3/t19-/m0/s1. The highest BCUT2D eigenvalue weighted by molar-refractivity contribution is 9.10. The van der Waals surface area contributed by atoms with E-state index in [0.717, 1.165) is 41.9 Å². The van der Waals surface area contributed by atoms with E-state index in [2.05, 4.69) is 51.9 Å². The molecule has 0 N–H and O–H groups in total. The SMILES string of the molecule is CC(C)N1CCN(C(=O)c2cc3n(n2)C[C@@H](c2ccc(Br)cc2)OC3)CC1. The summed E-state index contributed by atoms with van der Waals surface area (Å²) in [5.41, 5.74) is 2.62. The van der Waals surface area contributed by atoms with Crippen LogP contribution in [0.15, 0.2) is 34.8 Å². The van der Waals surface area contributed by atoms with Gasteiger partial charge in [0.05, 0.1) is 18.8 Å². The first kappa shape index (κ1) is 18.7. The van der Waals surface area contributed by atoms with Gasteiger partial charge in [0.15, 0.2) is 5.69 Å². The van der Waals surface area contributed by atoms with Gasteiger partial charge in [0, 0.05) is 36.7 Å². The van der Waals surface area contributed by atoms with E-state index < -0.39 is 0 Å². The molecule has 0 radical (unpaired) electrons. The van der Waals surface area contributed by atoms with E-state index in [1.807, 2.05) is 27.8 Å². The van der Waals surface area contributed by atoms with Crippen molar-refractivity contribution in [2.45, 2.75) is 39.1 Å². The predicted octanol–water partition coefficient (Wildman–Crippen LogP) is 3.08. The molecule has 1 saturated heterocycles. The van der Waals surface area contributed by atoms with Gasteiger partial charge in [-0.3, -0.25) is 14.4 Å². The topological polar surface area (TPSA) is 50.6 Å². The lowest BCUT2D eigenvalue weighted by Gasteiger charge is -2.36. The normalized spacial score (nSPS) is 20.7. The zero-order valence-electron chi connectivity index (χ0n) is 15.8. The average molecular weight is 433 g/mol. The number of piperazine rings is 1. The molecule has 0 bridgehead atoms. The smallest absolute Gasteiger partial charge is 0.274 e. The van der Waals surface area contributed by atoms with Crippen LogP contribution in [0.2, 0.25) is 0 Å². The largest absolute Gasteiger partial charge is 0.365 e. The molecule has 0 unspecified atom stereocenters. The average Bonchev–Trinajstić information content (AvgIpc) is 3.11. The van der Waals surface area contributed by atoms with Crippen LogP contribution in [0.5, 0.6) is 0 Å². The first-order valence-electron chi connectivity index (χ1n) is 9.48. The molecule has 3 heterocycles. The third kappa shape index (κ3) is 3.95. The molecular formula is C20H25BrN4O2. The molecule has 7 heteroatoms. The van der Waals surface area contributed by atoms with E-state index in [9.17, 15) is 4.79 Å². The highest BCUT2D eigenvalue weighted by Gasteiger charge is 2.28. The van der Waals surface area contributed by atoms with E-state index in [4.69, 9.17) is 4.74 Å². The summed E-state index contributed by atoms with van der Waals surface area (Å²) < 4.78 is 8.97. The Morgan fingerprint density at radius 3 is 2.56 bits per heavy atom. The number of amides is 1. The molecule has 1 aromatic carbocycles. The Hall–Kier alpha value is -1.70. The number of nitrogens with zero attached hydrogens (tertiary/aromatic N) is 4. The first-order valence-corrected chi connectivity index (χ1v) is 10.3. The molecule has 6 nitrogen and oxygen atoms in total. The zero-order valence-corrected chi connectivity index (χ0v) is 17.4. The number of rotatable bonds is 3. The van der Waals surface area contributed by atoms with E-state index >= 15 is 0 Å². The zero-order chi connectivity index (χ0) is 19.0. The Bertz CT molecular complexity index is 810. The Morgan fingerprint density at radius 2 is 1.89 bits per heavy atom. The van der Waals surface area contributed by atoms with Crippen molar-refractivity contribution in [3.05, 3.63) is 51.8 Å². The van der Waals surface area contributed by atoms with Gasteiger partial charge in [-0.2, -0.15) is 5.10 Å². The minimum Gasteiger partial charge on any atom is -0.365 e. The van der Waals surface area contributed by atoms with Gasteiger partial charge in [-0.25, -0.2) is 0 Å². The van der Waals surface area contributed by atoms with E-state index in [1.165, 1.54) is 0 Å². The van der Waals surface area contributed by atoms with Crippen molar-refractivity contribution in [2.24, 2.45) is 0 Å². The molecule has 27 heavy (non-hydrogen) atoms. The van der Waals surface area contributed by atoms with Crippen molar-refractivity contribution in [1.29, 1.82) is 0 Å².